The first-order valence-corrected chi connectivity index (χ1v) is 21.9. The first-order chi connectivity index (χ1) is 20.0. The van der Waals surface area contributed by atoms with Crippen molar-refractivity contribution in [1.82, 2.24) is 15.0 Å². The average Bonchev–Trinajstić information content (AvgIpc) is 3.65. The van der Waals surface area contributed by atoms with Gasteiger partial charge in [0.2, 0.25) is 5.71 Å². The van der Waals surface area contributed by atoms with Crippen molar-refractivity contribution in [2.24, 2.45) is 5.92 Å². The van der Waals surface area contributed by atoms with Crippen molar-refractivity contribution in [3.05, 3.63) is 109 Å². The molecule has 4 nitrogen and oxygen atoms in total. The molecule has 42 heavy (non-hydrogen) atoms. The predicted molar refractivity (Wildman–Crippen MR) is 171 cm³/mol. The maximum absolute atomic E-state index is 5.76. The molecule has 1 fully saturated rings. The summed E-state index contributed by atoms with van der Waals surface area (Å²) in [5, 5.41) is 2.01. The van der Waals surface area contributed by atoms with Crippen LogP contribution >= 0.6 is 0 Å². The number of fused-ring (bicyclic) bond motifs is 3. The summed E-state index contributed by atoms with van der Waals surface area (Å²) < 4.78 is 7.35. The van der Waals surface area contributed by atoms with E-state index in [1.165, 1.54) is 32.1 Å². The summed E-state index contributed by atoms with van der Waals surface area (Å²) in [4.78, 5) is 13.4. The van der Waals surface area contributed by atoms with Crippen LogP contribution in [-0.4, -0.2) is 28.2 Å². The van der Waals surface area contributed by atoms with E-state index in [2.05, 4.69) is 63.8 Å². The van der Waals surface area contributed by atoms with Crippen molar-refractivity contribution in [3.8, 4) is 22.5 Å². The maximum atomic E-state index is 5.76. The Morgan fingerprint density at radius 1 is 0.833 bits per heavy atom. The SMILES string of the molecule is [CH3][Ge]([CH3])([CH3])[c]1cnc(-c2[c-]cccc2)cc1CC1CCCC1.[Ir].[c-]1ccc2oc3ncccc3c2c1-c1ccccn1. The molecule has 4 aromatic heterocycles. The van der Waals surface area contributed by atoms with E-state index in [1.54, 1.807) is 22.4 Å². The van der Waals surface area contributed by atoms with Crippen LogP contribution < -0.4 is 4.40 Å². The van der Waals surface area contributed by atoms with E-state index in [0.717, 1.165) is 44.8 Å². The molecule has 4 heterocycles. The molecule has 0 spiro atoms. The van der Waals surface area contributed by atoms with E-state index in [9.17, 15) is 0 Å². The molecule has 1 aliphatic carbocycles. The van der Waals surface area contributed by atoms with E-state index in [4.69, 9.17) is 9.40 Å². The number of furan rings is 1. The summed E-state index contributed by atoms with van der Waals surface area (Å²) >= 11 is -1.87. The van der Waals surface area contributed by atoms with Gasteiger partial charge in [-0.2, -0.15) is 0 Å². The second-order valence-corrected chi connectivity index (χ2v) is 22.4. The predicted octanol–water partition coefficient (Wildman–Crippen LogP) is 8.67. The van der Waals surface area contributed by atoms with Crippen molar-refractivity contribution < 1.29 is 24.5 Å². The Labute approximate surface area is 264 Å². The minimum atomic E-state index is -1.87. The summed E-state index contributed by atoms with van der Waals surface area (Å²) in [6.07, 6.45) is 12.6. The molecule has 0 saturated heterocycles. The molecule has 1 saturated carbocycles. The molecule has 0 amide bonds. The molecule has 0 atom stereocenters. The molecule has 7 rings (SSSR count). The number of rotatable bonds is 5. The Morgan fingerprint density at radius 2 is 1.64 bits per heavy atom. The third-order valence-corrected chi connectivity index (χ3v) is 12.2. The number of hydrogen-bond donors (Lipinski definition) is 0. The van der Waals surface area contributed by atoms with Gasteiger partial charge in [0.15, 0.2) is 0 Å². The van der Waals surface area contributed by atoms with Crippen LogP contribution in [0.5, 0.6) is 0 Å². The average molecular weight is 791 g/mol. The van der Waals surface area contributed by atoms with Crippen LogP contribution in [0.4, 0.5) is 0 Å². The fourth-order valence-corrected chi connectivity index (χ4v) is 9.21. The van der Waals surface area contributed by atoms with Crippen molar-refractivity contribution in [2.45, 2.75) is 49.4 Å². The number of benzene rings is 2. The molecule has 1 aliphatic rings. The molecule has 0 N–H and O–H groups in total. The van der Waals surface area contributed by atoms with Gasteiger partial charge in [-0.1, -0.05) is 29.7 Å². The molecule has 215 valence electrons. The largest absolute Gasteiger partial charge is 0.458 e. The molecule has 6 aromatic rings. The second-order valence-electron chi connectivity index (χ2n) is 11.9. The molecular formula is C36H35GeIrN3O-2. The molecule has 0 aliphatic heterocycles. The van der Waals surface area contributed by atoms with Crippen molar-refractivity contribution >= 4 is 39.7 Å². The van der Waals surface area contributed by atoms with Gasteiger partial charge in [-0.15, -0.1) is 17.7 Å². The third-order valence-electron chi connectivity index (χ3n) is 7.89. The van der Waals surface area contributed by atoms with Crippen LogP contribution in [-0.2, 0) is 26.5 Å². The number of hydrogen-bond acceptors (Lipinski definition) is 4. The molecule has 6 heteroatoms. The Hall–Kier alpha value is -3.12. The summed E-state index contributed by atoms with van der Waals surface area (Å²) in [5.74, 6) is 8.31. The van der Waals surface area contributed by atoms with E-state index in [1.807, 2.05) is 54.6 Å². The molecule has 1 radical (unpaired) electrons. The summed E-state index contributed by atoms with van der Waals surface area (Å²) in [6, 6.07) is 30.6. The monoisotopic (exact) mass is 792 g/mol. The van der Waals surface area contributed by atoms with Crippen molar-refractivity contribution in [3.63, 3.8) is 0 Å². The van der Waals surface area contributed by atoms with Crippen molar-refractivity contribution in [1.29, 1.82) is 0 Å². The van der Waals surface area contributed by atoms with Gasteiger partial charge in [0.05, 0.1) is 5.58 Å². The van der Waals surface area contributed by atoms with Crippen LogP contribution in [0.1, 0.15) is 31.2 Å². The Morgan fingerprint density at radius 3 is 2.38 bits per heavy atom. The van der Waals surface area contributed by atoms with Gasteiger partial charge in [-0.05, 0) is 17.8 Å². The van der Waals surface area contributed by atoms with Crippen LogP contribution in [0.3, 0.4) is 0 Å². The quantitative estimate of drug-likeness (QED) is 0.130. The van der Waals surface area contributed by atoms with Crippen LogP contribution in [0.25, 0.3) is 44.6 Å². The number of pyridine rings is 3. The van der Waals surface area contributed by atoms with Gasteiger partial charge in [0.25, 0.3) is 0 Å². The van der Waals surface area contributed by atoms with E-state index < -0.39 is 13.3 Å². The smallest absolute Gasteiger partial charge is 0.215 e. The van der Waals surface area contributed by atoms with Crippen LogP contribution in [0, 0.1) is 18.1 Å². The summed E-state index contributed by atoms with van der Waals surface area (Å²) in [5.41, 5.74) is 7.07. The molecular weight excluding hydrogens is 755 g/mol. The summed E-state index contributed by atoms with van der Waals surface area (Å²) in [7, 11) is 0. The van der Waals surface area contributed by atoms with E-state index in [-0.39, 0.29) is 20.1 Å². The molecule has 0 bridgehead atoms. The maximum Gasteiger partial charge on any atom is 0.215 e. The fraction of sp³-hybridized carbons (Fsp3) is 0.250. The molecule has 0 unspecified atom stereocenters. The van der Waals surface area contributed by atoms with Crippen LogP contribution in [0.15, 0.2) is 95.8 Å². The Balaban J connectivity index is 0.000000165. The molecule has 2 aromatic carbocycles. The van der Waals surface area contributed by atoms with Gasteiger partial charge in [-0.3, -0.25) is 0 Å². The number of nitrogens with zero attached hydrogens (tertiary/aromatic N) is 3. The standard InChI is InChI=1S/C20H26GeN.C16H9N2O.Ir/c1-21(2,3)19-15-22-20(17-11-5-4-6-12-17)14-18(19)13-16-9-7-8-10-16;1-2-9-17-13(7-1)11-5-3-8-14-15(11)12-6-4-10-18-16(12)19-14;/h4-6,11,14-16H,7-10,13H2,1-3H3;1-4,6-10H;/q2*-1;. The van der Waals surface area contributed by atoms with Gasteiger partial charge in [0, 0.05) is 37.9 Å². The van der Waals surface area contributed by atoms with Gasteiger partial charge < -0.3 is 9.40 Å². The zero-order chi connectivity index (χ0) is 28.2. The van der Waals surface area contributed by atoms with Crippen molar-refractivity contribution in [2.75, 3.05) is 0 Å². The first kappa shape index (κ1) is 30.3. The Bertz CT molecular complexity index is 1760. The van der Waals surface area contributed by atoms with Gasteiger partial charge in [-0.25, -0.2) is 4.98 Å². The topological polar surface area (TPSA) is 51.8 Å². The minimum Gasteiger partial charge on any atom is -0.458 e. The zero-order valence-electron chi connectivity index (χ0n) is 24.4. The third kappa shape index (κ3) is 6.75. The Kier molecular flexibility index (Phi) is 9.72. The van der Waals surface area contributed by atoms with Crippen LogP contribution in [0.2, 0.25) is 17.3 Å². The summed E-state index contributed by atoms with van der Waals surface area (Å²) in [6.45, 7) is 0. The zero-order valence-corrected chi connectivity index (χ0v) is 28.8. The normalized spacial score (nSPS) is 13.5. The van der Waals surface area contributed by atoms with E-state index >= 15 is 0 Å². The number of aromatic nitrogens is 3. The minimum absolute atomic E-state index is 0. The first-order valence-electron chi connectivity index (χ1n) is 14.5. The second kappa shape index (κ2) is 13.5. The van der Waals surface area contributed by atoms with E-state index in [0.29, 0.717) is 5.71 Å². The fourth-order valence-electron chi connectivity index (χ4n) is 5.88. The van der Waals surface area contributed by atoms with Gasteiger partial charge in [0.1, 0.15) is 0 Å². The van der Waals surface area contributed by atoms with Gasteiger partial charge >= 0.3 is 137 Å².